The molecule has 0 heterocycles. The third-order valence-corrected chi connectivity index (χ3v) is 5.29. The number of rotatable bonds is 7. The van der Waals surface area contributed by atoms with Crippen LogP contribution in [-0.2, 0) is 9.59 Å². The van der Waals surface area contributed by atoms with Crippen LogP contribution in [0.3, 0.4) is 0 Å². The van der Waals surface area contributed by atoms with Crippen LogP contribution in [0.25, 0.3) is 6.08 Å². The highest BCUT2D eigenvalue weighted by molar-refractivity contribution is 6.32. The summed E-state index contributed by atoms with van der Waals surface area (Å²) in [6.07, 6.45) is 1.40. The summed E-state index contributed by atoms with van der Waals surface area (Å²) in [7, 11) is 0. The molecule has 0 saturated heterocycles. The summed E-state index contributed by atoms with van der Waals surface area (Å²) in [5, 5.41) is 14.8. The summed E-state index contributed by atoms with van der Waals surface area (Å²) in [4.78, 5) is 24.6. The molecule has 34 heavy (non-hydrogen) atoms. The number of nitriles is 1. The van der Waals surface area contributed by atoms with Gasteiger partial charge >= 0.3 is 0 Å². The largest absolute Gasteiger partial charge is 0.482 e. The van der Waals surface area contributed by atoms with E-state index >= 15 is 0 Å². The molecular weight excluding hydrogens is 457 g/mol. The summed E-state index contributed by atoms with van der Waals surface area (Å²) in [6.45, 7) is 3.43. The molecule has 0 bridgehead atoms. The second-order valence-corrected chi connectivity index (χ2v) is 7.79. The van der Waals surface area contributed by atoms with Crippen LogP contribution < -0.4 is 15.4 Å². The lowest BCUT2D eigenvalue weighted by atomic mass is 10.1. The molecule has 2 N–H and O–H groups in total. The minimum absolute atomic E-state index is 0.0471. The zero-order chi connectivity index (χ0) is 24.7. The highest BCUT2D eigenvalue weighted by atomic mass is 35.5. The molecule has 3 aromatic rings. The van der Waals surface area contributed by atoms with Crippen LogP contribution in [-0.4, -0.2) is 18.4 Å². The molecule has 0 spiro atoms. The van der Waals surface area contributed by atoms with Gasteiger partial charge in [-0.1, -0.05) is 41.9 Å². The number of anilines is 2. The highest BCUT2D eigenvalue weighted by Crippen LogP contribution is 2.27. The SMILES string of the molecule is Cc1cccc(NC(=O)C(C#N)=Cc2ccc(OCC(=O)Nc3ccccc3F)c(Cl)c2)c1C. The van der Waals surface area contributed by atoms with Crippen LogP contribution in [0.2, 0.25) is 5.02 Å². The van der Waals surface area contributed by atoms with Gasteiger partial charge in [0.15, 0.2) is 6.61 Å². The van der Waals surface area contributed by atoms with Crippen molar-refractivity contribution in [2.75, 3.05) is 17.2 Å². The van der Waals surface area contributed by atoms with Crippen molar-refractivity contribution in [3.8, 4) is 11.8 Å². The molecule has 0 radical (unpaired) electrons. The molecule has 8 heteroatoms. The Labute approximate surface area is 201 Å². The topological polar surface area (TPSA) is 91.2 Å². The first-order valence-electron chi connectivity index (χ1n) is 10.2. The minimum atomic E-state index is -0.556. The molecule has 0 unspecified atom stereocenters. The van der Waals surface area contributed by atoms with Gasteiger partial charge in [-0.25, -0.2) is 4.39 Å². The molecule has 0 atom stereocenters. The van der Waals surface area contributed by atoms with E-state index in [0.29, 0.717) is 11.3 Å². The molecule has 0 saturated carbocycles. The molecule has 172 valence electrons. The number of nitrogens with zero attached hydrogens (tertiary/aromatic N) is 1. The number of para-hydroxylation sites is 1. The van der Waals surface area contributed by atoms with E-state index in [1.807, 2.05) is 32.0 Å². The third-order valence-electron chi connectivity index (χ3n) is 4.99. The number of amides is 2. The van der Waals surface area contributed by atoms with Gasteiger partial charge in [-0.05, 0) is 66.9 Å². The van der Waals surface area contributed by atoms with Crippen LogP contribution in [0.5, 0.6) is 5.75 Å². The first-order chi connectivity index (χ1) is 16.3. The number of hydrogen-bond donors (Lipinski definition) is 2. The van der Waals surface area contributed by atoms with Crippen LogP contribution in [0.1, 0.15) is 16.7 Å². The lowest BCUT2D eigenvalue weighted by Crippen LogP contribution is -2.20. The summed E-state index contributed by atoms with van der Waals surface area (Å²) in [6, 6.07) is 17.8. The fraction of sp³-hybridized carbons (Fsp3) is 0.115. The molecule has 0 fully saturated rings. The van der Waals surface area contributed by atoms with Crippen LogP contribution in [0.4, 0.5) is 15.8 Å². The first-order valence-corrected chi connectivity index (χ1v) is 10.6. The van der Waals surface area contributed by atoms with E-state index in [1.54, 1.807) is 18.2 Å². The average Bonchev–Trinajstić information content (AvgIpc) is 2.81. The normalized spacial score (nSPS) is 10.9. The van der Waals surface area contributed by atoms with Gasteiger partial charge in [-0.2, -0.15) is 5.26 Å². The minimum Gasteiger partial charge on any atom is -0.482 e. The van der Waals surface area contributed by atoms with Crippen molar-refractivity contribution >= 4 is 40.9 Å². The Morgan fingerprint density at radius 1 is 1.06 bits per heavy atom. The van der Waals surface area contributed by atoms with E-state index in [9.17, 15) is 19.2 Å². The first kappa shape index (κ1) is 24.5. The number of benzene rings is 3. The maximum atomic E-state index is 13.6. The van der Waals surface area contributed by atoms with Crippen molar-refractivity contribution in [3.05, 3.63) is 93.8 Å². The number of carbonyl (C=O) groups excluding carboxylic acids is 2. The van der Waals surface area contributed by atoms with E-state index in [0.717, 1.165) is 11.1 Å². The number of hydrogen-bond acceptors (Lipinski definition) is 4. The lowest BCUT2D eigenvalue weighted by molar-refractivity contribution is -0.118. The van der Waals surface area contributed by atoms with E-state index in [-0.39, 0.29) is 28.6 Å². The van der Waals surface area contributed by atoms with Crippen LogP contribution in [0.15, 0.2) is 66.2 Å². The van der Waals surface area contributed by atoms with Gasteiger partial charge in [-0.3, -0.25) is 9.59 Å². The van der Waals surface area contributed by atoms with Crippen molar-refractivity contribution in [1.29, 1.82) is 5.26 Å². The van der Waals surface area contributed by atoms with E-state index < -0.39 is 17.6 Å². The van der Waals surface area contributed by atoms with Gasteiger partial charge in [-0.15, -0.1) is 0 Å². The Bertz CT molecular complexity index is 1310. The quantitative estimate of drug-likeness (QED) is 0.339. The van der Waals surface area contributed by atoms with E-state index in [2.05, 4.69) is 10.6 Å². The van der Waals surface area contributed by atoms with Crippen molar-refractivity contribution in [1.82, 2.24) is 0 Å². The Morgan fingerprint density at radius 3 is 2.50 bits per heavy atom. The van der Waals surface area contributed by atoms with E-state index in [4.69, 9.17) is 16.3 Å². The Kier molecular flexibility index (Phi) is 8.01. The number of nitrogens with one attached hydrogen (secondary N) is 2. The van der Waals surface area contributed by atoms with Gasteiger partial charge in [0.25, 0.3) is 11.8 Å². The summed E-state index contributed by atoms with van der Waals surface area (Å²) in [5.74, 6) is -1.43. The van der Waals surface area contributed by atoms with Gasteiger partial charge in [0, 0.05) is 5.69 Å². The van der Waals surface area contributed by atoms with Gasteiger partial charge < -0.3 is 15.4 Å². The van der Waals surface area contributed by atoms with Gasteiger partial charge in [0.1, 0.15) is 23.2 Å². The van der Waals surface area contributed by atoms with Crippen molar-refractivity contribution < 1.29 is 18.7 Å². The summed E-state index contributed by atoms with van der Waals surface area (Å²) < 4.78 is 19.1. The highest BCUT2D eigenvalue weighted by Gasteiger charge is 2.13. The predicted molar refractivity (Wildman–Crippen MR) is 130 cm³/mol. The number of ether oxygens (including phenoxy) is 1. The average molecular weight is 478 g/mol. The molecular formula is C26H21ClFN3O3. The lowest BCUT2D eigenvalue weighted by Gasteiger charge is -2.11. The zero-order valence-corrected chi connectivity index (χ0v) is 19.2. The second-order valence-electron chi connectivity index (χ2n) is 7.38. The van der Waals surface area contributed by atoms with Gasteiger partial charge in [0.05, 0.1) is 10.7 Å². The second kappa shape index (κ2) is 11.1. The van der Waals surface area contributed by atoms with Gasteiger partial charge in [0.2, 0.25) is 0 Å². The number of aryl methyl sites for hydroxylation is 1. The fourth-order valence-electron chi connectivity index (χ4n) is 3.01. The number of halogens is 2. The molecule has 3 rings (SSSR count). The maximum Gasteiger partial charge on any atom is 0.266 e. The Hall–Kier alpha value is -4.15. The molecule has 2 amide bonds. The fourth-order valence-corrected chi connectivity index (χ4v) is 3.25. The zero-order valence-electron chi connectivity index (χ0n) is 18.5. The van der Waals surface area contributed by atoms with Crippen LogP contribution in [0, 0.1) is 31.0 Å². The molecule has 0 aliphatic carbocycles. The molecule has 6 nitrogen and oxygen atoms in total. The third kappa shape index (κ3) is 6.21. The molecule has 0 aliphatic rings. The van der Waals surface area contributed by atoms with Crippen molar-refractivity contribution in [3.63, 3.8) is 0 Å². The van der Waals surface area contributed by atoms with Crippen molar-refractivity contribution in [2.24, 2.45) is 0 Å². The number of carbonyl (C=O) groups is 2. The standard InChI is InChI=1S/C26H21ClFN3O3/c1-16-6-5-9-22(17(16)2)31-26(33)19(14-29)12-18-10-11-24(20(27)13-18)34-15-25(32)30-23-8-4-3-7-21(23)28/h3-13H,15H2,1-2H3,(H,30,32)(H,31,33). The maximum absolute atomic E-state index is 13.6. The predicted octanol–water partition coefficient (Wildman–Crippen LogP) is 5.66. The monoisotopic (exact) mass is 477 g/mol. The van der Waals surface area contributed by atoms with Crippen molar-refractivity contribution in [2.45, 2.75) is 13.8 Å². The smallest absolute Gasteiger partial charge is 0.266 e. The van der Waals surface area contributed by atoms with E-state index in [1.165, 1.54) is 36.4 Å². The Balaban J connectivity index is 1.66. The molecule has 0 aliphatic heterocycles. The summed E-state index contributed by atoms with van der Waals surface area (Å²) in [5.41, 5.74) is 3.00. The summed E-state index contributed by atoms with van der Waals surface area (Å²) >= 11 is 6.24. The Morgan fingerprint density at radius 2 is 1.79 bits per heavy atom. The molecule has 0 aromatic heterocycles. The van der Waals surface area contributed by atoms with Crippen LogP contribution >= 0.6 is 11.6 Å². The molecule has 3 aromatic carbocycles.